The molecule has 2 atom stereocenters. The normalized spacial score (nSPS) is 16.5. The predicted octanol–water partition coefficient (Wildman–Crippen LogP) is 5.35. The zero-order valence-corrected chi connectivity index (χ0v) is 27.0. The van der Waals surface area contributed by atoms with Crippen molar-refractivity contribution in [3.63, 3.8) is 0 Å². The zero-order valence-electron chi connectivity index (χ0n) is 27.0. The number of carbonyl (C=O) groups excluding carboxylic acids is 3. The Hall–Kier alpha value is -3.99. The van der Waals surface area contributed by atoms with Crippen LogP contribution >= 0.6 is 0 Å². The molecule has 1 heterocycles. The maximum Gasteiger partial charge on any atom is 0.410 e. The van der Waals surface area contributed by atoms with E-state index in [1.165, 1.54) is 0 Å². The van der Waals surface area contributed by atoms with Gasteiger partial charge in [-0.1, -0.05) is 24.3 Å². The lowest BCUT2D eigenvalue weighted by molar-refractivity contribution is 0.0161. The molecule has 2 aromatic rings. The predicted molar refractivity (Wildman–Crippen MR) is 166 cm³/mol. The molecular weight excluding hydrogens is 566 g/mol. The Labute approximate surface area is 260 Å². The first-order chi connectivity index (χ1) is 20.8. The van der Waals surface area contributed by atoms with Gasteiger partial charge >= 0.3 is 12.2 Å². The van der Waals surface area contributed by atoms with Gasteiger partial charge in [-0.2, -0.15) is 0 Å². The molecule has 3 rings (SSSR count). The van der Waals surface area contributed by atoms with Gasteiger partial charge in [-0.05, 0) is 70.4 Å². The number of ether oxygens (including phenoxy) is 5. The van der Waals surface area contributed by atoms with Crippen molar-refractivity contribution in [1.29, 1.82) is 0 Å². The summed E-state index contributed by atoms with van der Waals surface area (Å²) in [5.74, 6) is 0.909. The summed E-state index contributed by atoms with van der Waals surface area (Å²) in [5.41, 5.74) is 7.01. The van der Waals surface area contributed by atoms with Crippen LogP contribution in [0.15, 0.2) is 42.5 Å². The molecule has 11 nitrogen and oxygen atoms in total. The Bertz CT molecular complexity index is 1280. The molecule has 11 heteroatoms. The van der Waals surface area contributed by atoms with Gasteiger partial charge in [0.05, 0.1) is 19.8 Å². The second-order valence-electron chi connectivity index (χ2n) is 12.2. The van der Waals surface area contributed by atoms with Crippen molar-refractivity contribution in [1.82, 2.24) is 9.80 Å². The maximum absolute atomic E-state index is 13.8. The van der Waals surface area contributed by atoms with Gasteiger partial charge in [0.25, 0.3) is 5.91 Å². The number of rotatable bonds is 13. The number of amides is 3. The summed E-state index contributed by atoms with van der Waals surface area (Å²) < 4.78 is 27.1. The van der Waals surface area contributed by atoms with Crippen LogP contribution in [-0.4, -0.2) is 86.2 Å². The maximum atomic E-state index is 13.8. The fourth-order valence-electron chi connectivity index (χ4n) is 5.14. The first kappa shape index (κ1) is 34.5. The van der Waals surface area contributed by atoms with Crippen molar-refractivity contribution in [2.45, 2.75) is 77.6 Å². The highest BCUT2D eigenvalue weighted by Crippen LogP contribution is 2.34. The Morgan fingerprint density at radius 1 is 1.05 bits per heavy atom. The molecule has 0 spiro atoms. The van der Waals surface area contributed by atoms with Crippen LogP contribution in [0.2, 0.25) is 0 Å². The summed E-state index contributed by atoms with van der Waals surface area (Å²) in [7, 11) is 3.21. The second-order valence-corrected chi connectivity index (χ2v) is 12.2. The van der Waals surface area contributed by atoms with Crippen molar-refractivity contribution >= 4 is 18.1 Å². The standard InChI is InChI=1S/C33H47N3O8/c1-22(2)35(30(37)25-12-13-28(41-7)29(18-25)42-15-9-14-40-6)19-23-10-8-11-24(16-23)26-17-27(21-43-31(34)38)36(20-26)32(39)44-33(3,4)5/h8,10-13,16,18,22,26-27H,9,14-15,17,19-21H2,1-7H3,(H2,34,38)/t26-,27?/m1/s1. The first-order valence-electron chi connectivity index (χ1n) is 14.9. The minimum Gasteiger partial charge on any atom is -0.493 e. The van der Waals surface area contributed by atoms with Crippen LogP contribution < -0.4 is 15.2 Å². The average molecular weight is 614 g/mol. The van der Waals surface area contributed by atoms with Gasteiger partial charge in [0.15, 0.2) is 11.5 Å². The largest absolute Gasteiger partial charge is 0.493 e. The van der Waals surface area contributed by atoms with Crippen molar-refractivity contribution in [3.05, 3.63) is 59.2 Å². The molecule has 3 amide bonds. The van der Waals surface area contributed by atoms with E-state index < -0.39 is 17.8 Å². The quantitative estimate of drug-likeness (QED) is 0.299. The molecule has 0 saturated carbocycles. The molecular formula is C33H47N3O8. The number of benzene rings is 2. The number of primary amides is 1. The van der Waals surface area contributed by atoms with Crippen LogP contribution in [0.1, 0.15) is 74.9 Å². The molecule has 0 radical (unpaired) electrons. The molecule has 0 aromatic heterocycles. The number of nitrogens with zero attached hydrogens (tertiary/aromatic N) is 2. The van der Waals surface area contributed by atoms with Gasteiger partial charge in [0.1, 0.15) is 12.2 Å². The number of hydrogen-bond acceptors (Lipinski definition) is 8. The van der Waals surface area contributed by atoms with Crippen LogP contribution in [0.25, 0.3) is 0 Å². The number of likely N-dealkylation sites (tertiary alicyclic amines) is 1. The van der Waals surface area contributed by atoms with E-state index >= 15 is 0 Å². The minimum atomic E-state index is -0.889. The molecule has 242 valence electrons. The molecule has 1 aliphatic heterocycles. The van der Waals surface area contributed by atoms with Gasteiger partial charge in [0.2, 0.25) is 0 Å². The zero-order chi connectivity index (χ0) is 32.4. The van der Waals surface area contributed by atoms with Crippen LogP contribution in [0, 0.1) is 0 Å². The third kappa shape index (κ3) is 9.77. The molecule has 44 heavy (non-hydrogen) atoms. The van der Waals surface area contributed by atoms with Gasteiger partial charge in [-0.3, -0.25) is 4.79 Å². The molecule has 1 aliphatic rings. The Balaban J connectivity index is 1.79. The van der Waals surface area contributed by atoms with E-state index in [2.05, 4.69) is 6.07 Å². The van der Waals surface area contributed by atoms with E-state index in [1.807, 2.05) is 32.0 Å². The summed E-state index contributed by atoms with van der Waals surface area (Å²) in [6.45, 7) is 11.2. The van der Waals surface area contributed by atoms with E-state index in [0.29, 0.717) is 56.2 Å². The van der Waals surface area contributed by atoms with E-state index in [1.54, 1.807) is 63.0 Å². The van der Waals surface area contributed by atoms with Gasteiger partial charge in [0, 0.05) is 50.8 Å². The van der Waals surface area contributed by atoms with Crippen LogP contribution in [0.3, 0.4) is 0 Å². The fraction of sp³-hybridized carbons (Fsp3) is 0.545. The summed E-state index contributed by atoms with van der Waals surface area (Å²) in [6, 6.07) is 12.8. The lowest BCUT2D eigenvalue weighted by Crippen LogP contribution is -2.42. The molecule has 0 bridgehead atoms. The Morgan fingerprint density at radius 2 is 1.80 bits per heavy atom. The third-order valence-electron chi connectivity index (χ3n) is 7.28. The van der Waals surface area contributed by atoms with Crippen LogP contribution in [0.4, 0.5) is 9.59 Å². The average Bonchev–Trinajstić information content (AvgIpc) is 3.40. The molecule has 1 fully saturated rings. The summed E-state index contributed by atoms with van der Waals surface area (Å²) in [4.78, 5) is 41.5. The highest BCUT2D eigenvalue weighted by molar-refractivity contribution is 5.95. The first-order valence-corrected chi connectivity index (χ1v) is 14.9. The molecule has 0 aliphatic carbocycles. The smallest absolute Gasteiger partial charge is 0.410 e. The highest BCUT2D eigenvalue weighted by Gasteiger charge is 2.39. The van der Waals surface area contributed by atoms with E-state index in [4.69, 9.17) is 29.4 Å². The summed E-state index contributed by atoms with van der Waals surface area (Å²) in [5, 5.41) is 0. The van der Waals surface area contributed by atoms with E-state index in [9.17, 15) is 14.4 Å². The lowest BCUT2D eigenvalue weighted by Gasteiger charge is -2.28. The molecule has 2 N–H and O–H groups in total. The second kappa shape index (κ2) is 15.7. The van der Waals surface area contributed by atoms with Gasteiger partial charge < -0.3 is 39.2 Å². The number of nitrogens with two attached hydrogens (primary N) is 1. The van der Waals surface area contributed by atoms with Gasteiger partial charge in [-0.25, -0.2) is 9.59 Å². The molecule has 1 saturated heterocycles. The van der Waals surface area contributed by atoms with Crippen molar-refractivity contribution < 1.29 is 38.1 Å². The van der Waals surface area contributed by atoms with Crippen LogP contribution in [-0.2, 0) is 20.8 Å². The highest BCUT2D eigenvalue weighted by atomic mass is 16.6. The van der Waals surface area contributed by atoms with Crippen molar-refractivity contribution in [2.75, 3.05) is 40.6 Å². The van der Waals surface area contributed by atoms with Crippen molar-refractivity contribution in [2.24, 2.45) is 5.73 Å². The summed E-state index contributed by atoms with van der Waals surface area (Å²) in [6.07, 6.45) is -0.0733. The molecule has 1 unspecified atom stereocenters. The number of methoxy groups -OCH3 is 2. The fourth-order valence-corrected chi connectivity index (χ4v) is 5.14. The Kier molecular flexibility index (Phi) is 12.3. The van der Waals surface area contributed by atoms with Crippen LogP contribution in [0.5, 0.6) is 11.5 Å². The topological polar surface area (TPSA) is 130 Å². The Morgan fingerprint density at radius 3 is 2.43 bits per heavy atom. The van der Waals surface area contributed by atoms with E-state index in [-0.39, 0.29) is 30.5 Å². The van der Waals surface area contributed by atoms with Crippen molar-refractivity contribution in [3.8, 4) is 11.5 Å². The van der Waals surface area contributed by atoms with Gasteiger partial charge in [-0.15, -0.1) is 0 Å². The SMILES string of the molecule is COCCCOc1cc(C(=O)N(Cc2cccc([C@@H]3CC(COC(N)=O)N(C(=O)OC(C)(C)C)C3)c2)C(C)C)ccc1OC. The monoisotopic (exact) mass is 613 g/mol. The third-order valence-corrected chi connectivity index (χ3v) is 7.28. The number of carbonyl (C=O) groups is 3. The van der Waals surface area contributed by atoms with E-state index in [0.717, 1.165) is 11.1 Å². The number of hydrogen-bond donors (Lipinski definition) is 1. The molecule has 2 aromatic carbocycles. The summed E-state index contributed by atoms with van der Waals surface area (Å²) >= 11 is 0. The minimum absolute atomic E-state index is 0.0136. The lowest BCUT2D eigenvalue weighted by atomic mass is 9.94.